The third kappa shape index (κ3) is 7.36. The van der Waals surface area contributed by atoms with Crippen LogP contribution in [0.1, 0.15) is 32.8 Å². The van der Waals surface area contributed by atoms with Crippen LogP contribution in [0.25, 0.3) is 0 Å². The third-order valence-corrected chi connectivity index (χ3v) is 6.58. The number of rotatable bonds is 11. The van der Waals surface area contributed by atoms with Crippen molar-refractivity contribution in [3.63, 3.8) is 0 Å². The number of hydrogen-bond acceptors (Lipinski definition) is 5. The highest BCUT2D eigenvalue weighted by atomic mass is 35.5. The Hall–Kier alpha value is -2.78. The van der Waals surface area contributed by atoms with Gasteiger partial charge in [-0.2, -0.15) is 0 Å². The summed E-state index contributed by atoms with van der Waals surface area (Å²) in [5.74, 6) is -0.164. The quantitative estimate of drug-likeness (QED) is 0.500. The molecule has 186 valence electrons. The van der Waals surface area contributed by atoms with Crippen LogP contribution in [-0.4, -0.2) is 57.1 Å². The van der Waals surface area contributed by atoms with Gasteiger partial charge in [0.05, 0.1) is 24.1 Å². The minimum Gasteiger partial charge on any atom is -0.497 e. The van der Waals surface area contributed by atoms with Crippen LogP contribution in [0.3, 0.4) is 0 Å². The van der Waals surface area contributed by atoms with Gasteiger partial charge in [0.15, 0.2) is 0 Å². The SMILES string of the molecule is CC[C@H](C(=O)NC(C)C)N(Cc1ccc(OC)cc1)C(=O)CN(c1ccccc1Cl)S(C)(=O)=O. The fourth-order valence-electron chi connectivity index (χ4n) is 3.48. The molecule has 0 spiro atoms. The van der Waals surface area contributed by atoms with Crippen LogP contribution in [0.5, 0.6) is 5.75 Å². The van der Waals surface area contributed by atoms with Gasteiger partial charge in [-0.3, -0.25) is 13.9 Å². The molecule has 2 aromatic carbocycles. The van der Waals surface area contributed by atoms with Crippen LogP contribution in [0.4, 0.5) is 5.69 Å². The Morgan fingerprint density at radius 3 is 2.21 bits per heavy atom. The highest BCUT2D eigenvalue weighted by molar-refractivity contribution is 7.92. The molecule has 0 fully saturated rings. The number of anilines is 1. The number of ether oxygens (including phenoxy) is 1. The normalized spacial score (nSPS) is 12.2. The number of halogens is 1. The van der Waals surface area contributed by atoms with E-state index in [1.807, 2.05) is 13.8 Å². The van der Waals surface area contributed by atoms with Crippen molar-refractivity contribution in [2.75, 3.05) is 24.2 Å². The van der Waals surface area contributed by atoms with Crippen molar-refractivity contribution in [2.24, 2.45) is 0 Å². The molecule has 0 bridgehead atoms. The number of para-hydroxylation sites is 1. The molecule has 1 N–H and O–H groups in total. The molecule has 0 aliphatic heterocycles. The maximum atomic E-state index is 13.6. The number of sulfonamides is 1. The van der Waals surface area contributed by atoms with E-state index in [1.54, 1.807) is 56.5 Å². The van der Waals surface area contributed by atoms with E-state index in [0.29, 0.717) is 12.2 Å². The van der Waals surface area contributed by atoms with Gasteiger partial charge in [-0.05, 0) is 50.1 Å². The average Bonchev–Trinajstić information content (AvgIpc) is 2.77. The van der Waals surface area contributed by atoms with E-state index >= 15 is 0 Å². The first-order valence-corrected chi connectivity index (χ1v) is 13.2. The Kier molecular flexibility index (Phi) is 9.76. The van der Waals surface area contributed by atoms with Crippen LogP contribution >= 0.6 is 11.6 Å². The predicted molar refractivity (Wildman–Crippen MR) is 135 cm³/mol. The standard InChI is InChI=1S/C24H32ClN3O5S/c1-6-21(24(30)26-17(2)3)27(15-18-11-13-19(33-4)14-12-18)23(29)16-28(34(5,31)32)22-10-8-7-9-20(22)25/h7-14,17,21H,6,15-16H2,1-5H3,(H,26,30)/t21-/m1/s1. The number of nitrogens with zero attached hydrogens (tertiary/aromatic N) is 2. The van der Waals surface area contributed by atoms with Crippen molar-refractivity contribution in [3.8, 4) is 5.75 Å². The Morgan fingerprint density at radius 2 is 1.71 bits per heavy atom. The minimum absolute atomic E-state index is 0.116. The Bertz CT molecular complexity index is 1090. The zero-order chi connectivity index (χ0) is 25.5. The summed E-state index contributed by atoms with van der Waals surface area (Å²) in [5.41, 5.74) is 0.970. The summed E-state index contributed by atoms with van der Waals surface area (Å²) in [6, 6.07) is 12.6. The number of carbonyl (C=O) groups excluding carboxylic acids is 2. The van der Waals surface area contributed by atoms with Crippen LogP contribution in [0.15, 0.2) is 48.5 Å². The highest BCUT2D eigenvalue weighted by Gasteiger charge is 2.32. The molecular weight excluding hydrogens is 478 g/mol. The molecule has 10 heteroatoms. The molecule has 0 radical (unpaired) electrons. The molecule has 2 aromatic rings. The largest absolute Gasteiger partial charge is 0.497 e. The van der Waals surface area contributed by atoms with Crippen molar-refractivity contribution < 1.29 is 22.7 Å². The van der Waals surface area contributed by atoms with E-state index in [2.05, 4.69) is 5.32 Å². The Labute approximate surface area is 206 Å². The second-order valence-electron chi connectivity index (χ2n) is 8.18. The zero-order valence-electron chi connectivity index (χ0n) is 20.1. The Balaban J connectivity index is 2.44. The fraction of sp³-hybridized carbons (Fsp3) is 0.417. The Morgan fingerprint density at radius 1 is 1.09 bits per heavy atom. The van der Waals surface area contributed by atoms with Crippen molar-refractivity contribution in [3.05, 3.63) is 59.1 Å². The lowest BCUT2D eigenvalue weighted by atomic mass is 10.1. The topological polar surface area (TPSA) is 96.0 Å². The van der Waals surface area contributed by atoms with Crippen molar-refractivity contribution >= 4 is 39.1 Å². The summed E-state index contributed by atoms with van der Waals surface area (Å²) >= 11 is 6.24. The number of benzene rings is 2. The molecule has 2 rings (SSSR count). The van der Waals surface area contributed by atoms with Gasteiger partial charge >= 0.3 is 0 Å². The lowest BCUT2D eigenvalue weighted by Gasteiger charge is -2.33. The van der Waals surface area contributed by atoms with E-state index in [9.17, 15) is 18.0 Å². The summed E-state index contributed by atoms with van der Waals surface area (Å²) < 4.78 is 31.3. The molecule has 34 heavy (non-hydrogen) atoms. The van der Waals surface area contributed by atoms with Crippen molar-refractivity contribution in [2.45, 2.75) is 45.8 Å². The number of carbonyl (C=O) groups is 2. The van der Waals surface area contributed by atoms with Crippen molar-refractivity contribution in [1.29, 1.82) is 0 Å². The molecule has 1 atom stereocenters. The molecule has 0 aliphatic rings. The van der Waals surface area contributed by atoms with E-state index in [1.165, 1.54) is 11.0 Å². The van der Waals surface area contributed by atoms with Crippen LogP contribution in [0.2, 0.25) is 5.02 Å². The smallest absolute Gasteiger partial charge is 0.244 e. The van der Waals surface area contributed by atoms with Gasteiger partial charge in [-0.1, -0.05) is 42.8 Å². The van der Waals surface area contributed by atoms with Crippen LogP contribution < -0.4 is 14.4 Å². The molecule has 0 aliphatic carbocycles. The van der Waals surface area contributed by atoms with Crippen LogP contribution in [-0.2, 0) is 26.2 Å². The van der Waals surface area contributed by atoms with Gasteiger partial charge in [0.2, 0.25) is 21.8 Å². The molecular formula is C24H32ClN3O5S. The maximum Gasteiger partial charge on any atom is 0.244 e. The lowest BCUT2D eigenvalue weighted by molar-refractivity contribution is -0.140. The lowest BCUT2D eigenvalue weighted by Crippen LogP contribution is -2.53. The zero-order valence-corrected chi connectivity index (χ0v) is 21.7. The van der Waals surface area contributed by atoms with E-state index in [0.717, 1.165) is 16.1 Å². The average molecular weight is 510 g/mol. The first-order chi connectivity index (χ1) is 16.0. The third-order valence-electron chi connectivity index (χ3n) is 5.13. The number of methoxy groups -OCH3 is 1. The molecule has 2 amide bonds. The number of hydrogen-bond donors (Lipinski definition) is 1. The molecule has 0 aromatic heterocycles. The summed E-state index contributed by atoms with van der Waals surface area (Å²) in [5, 5.41) is 3.05. The second-order valence-corrected chi connectivity index (χ2v) is 10.5. The summed E-state index contributed by atoms with van der Waals surface area (Å²) in [4.78, 5) is 27.9. The summed E-state index contributed by atoms with van der Waals surface area (Å²) in [6.07, 6.45) is 1.37. The van der Waals surface area contributed by atoms with Crippen molar-refractivity contribution in [1.82, 2.24) is 10.2 Å². The first kappa shape index (κ1) is 27.5. The molecule has 0 saturated carbocycles. The number of nitrogens with one attached hydrogen (secondary N) is 1. The maximum absolute atomic E-state index is 13.6. The predicted octanol–water partition coefficient (Wildman–Crippen LogP) is 3.45. The summed E-state index contributed by atoms with van der Waals surface area (Å²) in [7, 11) is -2.28. The first-order valence-electron chi connectivity index (χ1n) is 10.9. The molecule has 0 heterocycles. The fourth-order valence-corrected chi connectivity index (χ4v) is 4.63. The highest BCUT2D eigenvalue weighted by Crippen LogP contribution is 2.27. The molecule has 0 saturated heterocycles. The minimum atomic E-state index is -3.84. The van der Waals surface area contributed by atoms with E-state index in [-0.39, 0.29) is 29.2 Å². The van der Waals surface area contributed by atoms with Gasteiger partial charge in [0.1, 0.15) is 18.3 Å². The summed E-state index contributed by atoms with van der Waals surface area (Å²) in [6.45, 7) is 5.10. The second kappa shape index (κ2) is 12.1. The van der Waals surface area contributed by atoms with Gasteiger partial charge in [0.25, 0.3) is 0 Å². The monoisotopic (exact) mass is 509 g/mol. The van der Waals surface area contributed by atoms with Gasteiger partial charge in [-0.25, -0.2) is 8.42 Å². The van der Waals surface area contributed by atoms with Crippen LogP contribution in [0, 0.1) is 0 Å². The molecule has 0 unspecified atom stereocenters. The van der Waals surface area contributed by atoms with E-state index < -0.39 is 28.5 Å². The number of amides is 2. The van der Waals surface area contributed by atoms with Gasteiger partial charge in [-0.15, -0.1) is 0 Å². The van der Waals surface area contributed by atoms with Gasteiger partial charge < -0.3 is 15.0 Å². The molecule has 8 nitrogen and oxygen atoms in total. The van der Waals surface area contributed by atoms with E-state index in [4.69, 9.17) is 16.3 Å². The van der Waals surface area contributed by atoms with Gasteiger partial charge in [0, 0.05) is 12.6 Å².